The van der Waals surface area contributed by atoms with Gasteiger partial charge in [-0.05, 0) is 26.7 Å². The van der Waals surface area contributed by atoms with E-state index in [9.17, 15) is 14.7 Å². The van der Waals surface area contributed by atoms with E-state index in [2.05, 4.69) is 4.74 Å². The third-order valence-corrected chi connectivity index (χ3v) is 2.50. The number of ether oxygens (including phenoxy) is 2. The molecule has 0 radical (unpaired) electrons. The molecule has 0 aromatic rings. The summed E-state index contributed by atoms with van der Waals surface area (Å²) in [6, 6.07) is 0. The molecule has 0 aromatic carbocycles. The van der Waals surface area contributed by atoms with E-state index < -0.39 is 23.5 Å². The van der Waals surface area contributed by atoms with Crippen molar-refractivity contribution in [3.63, 3.8) is 0 Å². The highest BCUT2D eigenvalue weighted by Gasteiger charge is 2.60. The number of rotatable bonds is 5. The summed E-state index contributed by atoms with van der Waals surface area (Å²) in [7, 11) is 0. The highest BCUT2D eigenvalue weighted by Crippen LogP contribution is 2.50. The van der Waals surface area contributed by atoms with Gasteiger partial charge in [0.25, 0.3) is 0 Å². The van der Waals surface area contributed by atoms with Crippen molar-refractivity contribution < 1.29 is 24.2 Å². The topological polar surface area (TPSA) is 72.8 Å². The quantitative estimate of drug-likeness (QED) is 0.667. The lowest BCUT2D eigenvalue weighted by molar-refractivity contribution is -0.168. The van der Waals surface area contributed by atoms with Crippen LogP contribution < -0.4 is 0 Å². The van der Waals surface area contributed by atoms with Gasteiger partial charge in [-0.15, -0.1) is 0 Å². The van der Waals surface area contributed by atoms with Crippen LogP contribution in [0.1, 0.15) is 26.7 Å². The minimum absolute atomic E-state index is 0.189. The van der Waals surface area contributed by atoms with Gasteiger partial charge in [-0.2, -0.15) is 0 Å². The number of hydrogen-bond donors (Lipinski definition) is 1. The lowest BCUT2D eigenvalue weighted by Gasteiger charge is -2.18. The molecule has 1 aliphatic rings. The zero-order valence-corrected chi connectivity index (χ0v) is 8.99. The lowest BCUT2D eigenvalue weighted by Crippen LogP contribution is -2.38. The van der Waals surface area contributed by atoms with Crippen molar-refractivity contribution in [1.82, 2.24) is 0 Å². The van der Waals surface area contributed by atoms with Gasteiger partial charge in [0, 0.05) is 0 Å². The van der Waals surface area contributed by atoms with Gasteiger partial charge in [-0.3, -0.25) is 4.79 Å². The molecule has 0 aromatic heterocycles. The van der Waals surface area contributed by atoms with E-state index in [1.54, 1.807) is 13.8 Å². The predicted octanol–water partition coefficient (Wildman–Crippen LogP) is 0.254. The number of carbonyl (C=O) groups excluding carboxylic acids is 2. The van der Waals surface area contributed by atoms with E-state index in [0.29, 0.717) is 12.8 Å². The molecule has 15 heavy (non-hydrogen) atoms. The fourth-order valence-electron chi connectivity index (χ4n) is 1.45. The van der Waals surface area contributed by atoms with Crippen molar-refractivity contribution in [3.05, 3.63) is 0 Å². The van der Waals surface area contributed by atoms with Crippen LogP contribution in [-0.4, -0.2) is 36.4 Å². The first-order valence-corrected chi connectivity index (χ1v) is 5.10. The van der Waals surface area contributed by atoms with Crippen LogP contribution in [0.4, 0.5) is 0 Å². The Hall–Kier alpha value is -1.10. The first-order chi connectivity index (χ1) is 7.08. The first-order valence-electron chi connectivity index (χ1n) is 5.10. The number of aliphatic hydroxyl groups excluding tert-OH is 1. The van der Waals surface area contributed by atoms with Gasteiger partial charge in [0.1, 0.15) is 5.41 Å². The van der Waals surface area contributed by atoms with Crippen molar-refractivity contribution in [2.24, 2.45) is 5.41 Å². The lowest BCUT2D eigenvalue weighted by atomic mass is 9.99. The molecule has 1 saturated carbocycles. The molecule has 1 unspecified atom stereocenters. The molecule has 86 valence electrons. The van der Waals surface area contributed by atoms with E-state index in [-0.39, 0.29) is 13.2 Å². The molecule has 0 aliphatic heterocycles. The SMILES string of the molecule is CCOC(=O)C(O)C1(C(=O)OCC)CC1. The maximum atomic E-state index is 11.5. The van der Waals surface area contributed by atoms with Gasteiger partial charge >= 0.3 is 11.9 Å². The number of carbonyl (C=O) groups is 2. The number of esters is 2. The highest BCUT2D eigenvalue weighted by atomic mass is 16.6. The average molecular weight is 216 g/mol. The molecule has 0 amide bonds. The molecule has 0 spiro atoms. The Labute approximate surface area is 88.4 Å². The first kappa shape index (κ1) is 12.0. The second-order valence-corrected chi connectivity index (χ2v) is 3.53. The summed E-state index contributed by atoms with van der Waals surface area (Å²) in [5, 5.41) is 9.66. The van der Waals surface area contributed by atoms with E-state index in [1.165, 1.54) is 0 Å². The Balaban J connectivity index is 2.61. The second-order valence-electron chi connectivity index (χ2n) is 3.53. The minimum atomic E-state index is -1.39. The molecule has 1 atom stereocenters. The van der Waals surface area contributed by atoms with Crippen molar-refractivity contribution in [2.75, 3.05) is 13.2 Å². The summed E-state index contributed by atoms with van der Waals surface area (Å²) in [6.07, 6.45) is -0.436. The molecule has 0 bridgehead atoms. The van der Waals surface area contributed by atoms with Crippen molar-refractivity contribution >= 4 is 11.9 Å². The Kier molecular flexibility index (Phi) is 3.68. The molecule has 1 rings (SSSR count). The summed E-state index contributed by atoms with van der Waals surface area (Å²) in [5.74, 6) is -1.26. The van der Waals surface area contributed by atoms with E-state index >= 15 is 0 Å². The summed E-state index contributed by atoms with van der Waals surface area (Å²) in [5.41, 5.74) is -1.04. The smallest absolute Gasteiger partial charge is 0.336 e. The summed E-state index contributed by atoms with van der Waals surface area (Å²) >= 11 is 0. The summed E-state index contributed by atoms with van der Waals surface area (Å²) in [6.45, 7) is 3.77. The third-order valence-electron chi connectivity index (χ3n) is 2.50. The van der Waals surface area contributed by atoms with Crippen LogP contribution >= 0.6 is 0 Å². The molecular formula is C10H16O5. The van der Waals surface area contributed by atoms with Gasteiger partial charge in [-0.25, -0.2) is 4.79 Å². The molecule has 5 nitrogen and oxygen atoms in total. The Bertz CT molecular complexity index is 257. The summed E-state index contributed by atoms with van der Waals surface area (Å²) in [4.78, 5) is 22.7. The van der Waals surface area contributed by atoms with Crippen molar-refractivity contribution in [1.29, 1.82) is 0 Å². The van der Waals surface area contributed by atoms with E-state index in [1.807, 2.05) is 0 Å². The second kappa shape index (κ2) is 4.61. The highest BCUT2D eigenvalue weighted by molar-refractivity contribution is 5.89. The number of hydrogen-bond acceptors (Lipinski definition) is 5. The van der Waals surface area contributed by atoms with Crippen LogP contribution in [0.3, 0.4) is 0 Å². The molecular weight excluding hydrogens is 200 g/mol. The van der Waals surface area contributed by atoms with E-state index in [0.717, 1.165) is 0 Å². The minimum Gasteiger partial charge on any atom is -0.465 e. The Morgan fingerprint density at radius 2 is 1.80 bits per heavy atom. The van der Waals surface area contributed by atoms with Crippen LogP contribution in [0.5, 0.6) is 0 Å². The van der Waals surface area contributed by atoms with Crippen molar-refractivity contribution in [3.8, 4) is 0 Å². The average Bonchev–Trinajstić information content (AvgIpc) is 2.98. The van der Waals surface area contributed by atoms with Gasteiger partial charge in [0.05, 0.1) is 13.2 Å². The largest absolute Gasteiger partial charge is 0.465 e. The monoisotopic (exact) mass is 216 g/mol. The number of aliphatic hydroxyl groups is 1. The van der Waals surface area contributed by atoms with Crippen LogP contribution in [-0.2, 0) is 19.1 Å². The van der Waals surface area contributed by atoms with Gasteiger partial charge in [0.15, 0.2) is 6.10 Å². The fourth-order valence-corrected chi connectivity index (χ4v) is 1.45. The molecule has 1 aliphatic carbocycles. The zero-order valence-electron chi connectivity index (χ0n) is 8.99. The summed E-state index contributed by atoms with van der Waals surface area (Å²) < 4.78 is 9.47. The van der Waals surface area contributed by atoms with Crippen LogP contribution in [0.15, 0.2) is 0 Å². The predicted molar refractivity (Wildman–Crippen MR) is 50.9 cm³/mol. The van der Waals surface area contributed by atoms with Gasteiger partial charge in [-0.1, -0.05) is 0 Å². The van der Waals surface area contributed by atoms with Crippen LogP contribution in [0.25, 0.3) is 0 Å². The maximum absolute atomic E-state index is 11.5. The fraction of sp³-hybridized carbons (Fsp3) is 0.800. The normalized spacial score (nSPS) is 19.1. The van der Waals surface area contributed by atoms with Gasteiger partial charge < -0.3 is 14.6 Å². The van der Waals surface area contributed by atoms with Crippen LogP contribution in [0.2, 0.25) is 0 Å². The standard InChI is InChI=1S/C10H16O5/c1-3-14-8(12)7(11)10(5-6-10)9(13)15-4-2/h7,11H,3-6H2,1-2H3. The maximum Gasteiger partial charge on any atom is 0.336 e. The molecule has 0 heterocycles. The Morgan fingerprint density at radius 1 is 1.27 bits per heavy atom. The van der Waals surface area contributed by atoms with Crippen molar-refractivity contribution in [2.45, 2.75) is 32.8 Å². The molecule has 0 saturated heterocycles. The van der Waals surface area contributed by atoms with Crippen LogP contribution in [0, 0.1) is 5.41 Å². The van der Waals surface area contributed by atoms with E-state index in [4.69, 9.17) is 4.74 Å². The molecule has 1 fully saturated rings. The zero-order chi connectivity index (χ0) is 11.5. The Morgan fingerprint density at radius 3 is 2.20 bits per heavy atom. The molecule has 1 N–H and O–H groups in total. The molecule has 5 heteroatoms. The van der Waals surface area contributed by atoms with Gasteiger partial charge in [0.2, 0.25) is 0 Å². The third kappa shape index (κ3) is 2.28.